The second kappa shape index (κ2) is 63.1. The molecule has 73 heavy (non-hydrogen) atoms. The van der Waals surface area contributed by atoms with Crippen molar-refractivity contribution < 1.29 is 24.5 Å². The van der Waals surface area contributed by atoms with E-state index in [9.17, 15) is 19.8 Å². The number of carbonyl (C=O) groups excluding carboxylic acids is 2. The van der Waals surface area contributed by atoms with E-state index in [4.69, 9.17) is 4.74 Å². The SMILES string of the molecule is CCCC/C=C\CCCCCCCC(=O)OCCCCCCCCCCCCCCCCCCCCCCCCCCCCCCCCCC(=O)NC(CO)C(O)CCCCCCCCCCCCCCCC. The lowest BCUT2D eigenvalue weighted by Gasteiger charge is -2.22. The van der Waals surface area contributed by atoms with Crippen LogP contribution in [0.5, 0.6) is 0 Å². The molecule has 0 aromatic heterocycles. The van der Waals surface area contributed by atoms with Gasteiger partial charge in [0.2, 0.25) is 5.91 Å². The maximum Gasteiger partial charge on any atom is 0.305 e. The number of rotatable bonds is 63. The Morgan fingerprint density at radius 2 is 0.658 bits per heavy atom. The molecule has 0 aliphatic heterocycles. The number of aliphatic hydroxyl groups excluding tert-OH is 2. The number of hydrogen-bond donors (Lipinski definition) is 3. The molecule has 0 spiro atoms. The minimum atomic E-state index is -0.660. The molecule has 6 heteroatoms. The smallest absolute Gasteiger partial charge is 0.305 e. The van der Waals surface area contributed by atoms with Gasteiger partial charge in [-0.05, 0) is 44.9 Å². The van der Waals surface area contributed by atoms with Crippen LogP contribution in [0.2, 0.25) is 0 Å². The number of allylic oxidation sites excluding steroid dienone is 2. The Bertz CT molecular complexity index is 1100. The van der Waals surface area contributed by atoms with Crippen LogP contribution in [0.1, 0.15) is 380 Å². The third-order valence-corrected chi connectivity index (χ3v) is 15.8. The van der Waals surface area contributed by atoms with E-state index >= 15 is 0 Å². The number of esters is 1. The second-order valence-electron chi connectivity index (χ2n) is 23.2. The third-order valence-electron chi connectivity index (χ3n) is 15.8. The molecule has 0 aliphatic carbocycles. The van der Waals surface area contributed by atoms with Gasteiger partial charge in [0.15, 0.2) is 0 Å². The van der Waals surface area contributed by atoms with Crippen LogP contribution >= 0.6 is 0 Å². The average Bonchev–Trinajstić information content (AvgIpc) is 3.39. The van der Waals surface area contributed by atoms with Crippen molar-refractivity contribution in [2.24, 2.45) is 0 Å². The van der Waals surface area contributed by atoms with Gasteiger partial charge in [0.1, 0.15) is 0 Å². The zero-order valence-electron chi connectivity index (χ0n) is 49.6. The minimum absolute atomic E-state index is 0.0101. The molecule has 0 fully saturated rings. The normalized spacial score (nSPS) is 12.5. The van der Waals surface area contributed by atoms with Gasteiger partial charge in [-0.25, -0.2) is 0 Å². The fourth-order valence-corrected chi connectivity index (χ4v) is 10.7. The van der Waals surface area contributed by atoms with Gasteiger partial charge in [-0.3, -0.25) is 9.59 Å². The molecule has 0 saturated carbocycles. The summed E-state index contributed by atoms with van der Waals surface area (Å²) in [7, 11) is 0. The zero-order valence-corrected chi connectivity index (χ0v) is 49.6. The molecule has 0 heterocycles. The topological polar surface area (TPSA) is 95.9 Å². The summed E-state index contributed by atoms with van der Waals surface area (Å²) in [5.74, 6) is -0.0180. The van der Waals surface area contributed by atoms with E-state index in [1.54, 1.807) is 0 Å². The Kier molecular flexibility index (Phi) is 61.9. The van der Waals surface area contributed by atoms with Gasteiger partial charge >= 0.3 is 5.97 Å². The Morgan fingerprint density at radius 1 is 0.370 bits per heavy atom. The first-order chi connectivity index (χ1) is 36.0. The number of amides is 1. The summed E-state index contributed by atoms with van der Waals surface area (Å²) >= 11 is 0. The molecule has 0 radical (unpaired) electrons. The summed E-state index contributed by atoms with van der Waals surface area (Å²) in [6.45, 7) is 4.94. The maximum atomic E-state index is 12.5. The van der Waals surface area contributed by atoms with Gasteiger partial charge in [0, 0.05) is 12.8 Å². The molecule has 0 saturated heterocycles. The van der Waals surface area contributed by atoms with E-state index in [0.717, 1.165) is 44.9 Å². The Labute approximate surface area is 457 Å². The van der Waals surface area contributed by atoms with E-state index < -0.39 is 12.1 Å². The molecular weight excluding hydrogens is 899 g/mol. The number of nitrogens with one attached hydrogen (secondary N) is 1. The van der Waals surface area contributed by atoms with Crippen molar-refractivity contribution in [3.8, 4) is 0 Å². The standard InChI is InChI=1S/C67H131NO5/c1-3-5-7-9-11-13-15-16-36-40-43-47-51-55-59-65(70)64(63-69)68-66(71)60-56-52-48-44-41-37-34-32-30-28-26-24-22-20-18-17-19-21-23-25-27-29-31-33-35-38-42-46-50-54-58-62-73-67(72)61-57-53-49-45-39-14-12-10-8-6-4-2/h10,12,64-65,69-70H,3-9,11,13-63H2,1-2H3,(H,68,71)/b12-10-. The number of ether oxygens (including phenoxy) is 1. The van der Waals surface area contributed by atoms with Crippen molar-refractivity contribution in [1.82, 2.24) is 5.32 Å². The quantitative estimate of drug-likeness (QED) is 0.0320. The van der Waals surface area contributed by atoms with E-state index in [-0.39, 0.29) is 18.5 Å². The number of carbonyl (C=O) groups is 2. The van der Waals surface area contributed by atoms with Gasteiger partial charge in [0.25, 0.3) is 0 Å². The average molecular weight is 1030 g/mol. The molecule has 434 valence electrons. The predicted molar refractivity (Wildman–Crippen MR) is 320 cm³/mol. The molecular formula is C67H131NO5. The molecule has 3 N–H and O–H groups in total. The lowest BCUT2D eigenvalue weighted by atomic mass is 10.0. The highest BCUT2D eigenvalue weighted by atomic mass is 16.5. The fraction of sp³-hybridized carbons (Fsp3) is 0.940. The van der Waals surface area contributed by atoms with Crippen LogP contribution in [0.3, 0.4) is 0 Å². The fourth-order valence-electron chi connectivity index (χ4n) is 10.7. The van der Waals surface area contributed by atoms with Crippen LogP contribution in [0.15, 0.2) is 12.2 Å². The molecule has 0 aromatic carbocycles. The van der Waals surface area contributed by atoms with Crippen LogP contribution in [-0.2, 0) is 14.3 Å². The molecule has 2 unspecified atom stereocenters. The number of unbranched alkanes of at least 4 members (excludes halogenated alkanes) is 50. The number of aliphatic hydroxyl groups is 2. The number of hydrogen-bond acceptors (Lipinski definition) is 5. The third kappa shape index (κ3) is 59.7. The van der Waals surface area contributed by atoms with Crippen LogP contribution in [-0.4, -0.2) is 47.4 Å². The lowest BCUT2D eigenvalue weighted by Crippen LogP contribution is -2.45. The van der Waals surface area contributed by atoms with Crippen molar-refractivity contribution in [3.63, 3.8) is 0 Å². The summed E-state index contributed by atoms with van der Waals surface area (Å²) in [4.78, 5) is 24.5. The van der Waals surface area contributed by atoms with Crippen molar-refractivity contribution in [2.45, 2.75) is 392 Å². The Morgan fingerprint density at radius 3 is 1.01 bits per heavy atom. The summed E-state index contributed by atoms with van der Waals surface area (Å²) in [6, 6.07) is -0.537. The lowest BCUT2D eigenvalue weighted by molar-refractivity contribution is -0.143. The van der Waals surface area contributed by atoms with E-state index in [2.05, 4.69) is 31.3 Å². The highest BCUT2D eigenvalue weighted by Gasteiger charge is 2.20. The van der Waals surface area contributed by atoms with Crippen molar-refractivity contribution in [1.29, 1.82) is 0 Å². The molecule has 0 rings (SSSR count). The van der Waals surface area contributed by atoms with E-state index in [1.807, 2.05) is 0 Å². The largest absolute Gasteiger partial charge is 0.466 e. The van der Waals surface area contributed by atoms with Crippen LogP contribution < -0.4 is 5.32 Å². The van der Waals surface area contributed by atoms with Crippen LogP contribution in [0.4, 0.5) is 0 Å². The summed E-state index contributed by atoms with van der Waals surface area (Å²) in [5.41, 5.74) is 0. The molecule has 0 aliphatic rings. The first-order valence-electron chi connectivity index (χ1n) is 33.4. The van der Waals surface area contributed by atoms with Crippen molar-refractivity contribution in [2.75, 3.05) is 13.2 Å². The van der Waals surface area contributed by atoms with Gasteiger partial charge < -0.3 is 20.3 Å². The summed E-state index contributed by atoms with van der Waals surface area (Å²) < 4.78 is 5.47. The van der Waals surface area contributed by atoms with Gasteiger partial charge in [-0.2, -0.15) is 0 Å². The molecule has 0 aromatic rings. The van der Waals surface area contributed by atoms with Crippen LogP contribution in [0, 0.1) is 0 Å². The predicted octanol–water partition coefficient (Wildman–Crippen LogP) is 21.2. The zero-order chi connectivity index (χ0) is 52.9. The van der Waals surface area contributed by atoms with Crippen molar-refractivity contribution in [3.05, 3.63) is 12.2 Å². The van der Waals surface area contributed by atoms with Gasteiger partial charge in [0.05, 0.1) is 25.4 Å². The first kappa shape index (κ1) is 71.6. The molecule has 6 nitrogen and oxygen atoms in total. The highest BCUT2D eigenvalue weighted by molar-refractivity contribution is 5.76. The summed E-state index contributed by atoms with van der Waals surface area (Å²) in [5, 5.41) is 23.3. The molecule has 0 bridgehead atoms. The van der Waals surface area contributed by atoms with E-state index in [0.29, 0.717) is 25.9 Å². The Balaban J connectivity index is 3.31. The van der Waals surface area contributed by atoms with Crippen LogP contribution in [0.25, 0.3) is 0 Å². The minimum Gasteiger partial charge on any atom is -0.466 e. The second-order valence-corrected chi connectivity index (χ2v) is 23.2. The highest BCUT2D eigenvalue weighted by Crippen LogP contribution is 2.19. The first-order valence-corrected chi connectivity index (χ1v) is 33.4. The maximum absolute atomic E-state index is 12.5. The van der Waals surface area contributed by atoms with E-state index in [1.165, 1.54) is 302 Å². The van der Waals surface area contributed by atoms with Gasteiger partial charge in [-0.15, -0.1) is 0 Å². The monoisotopic (exact) mass is 1030 g/mol. The Hall–Kier alpha value is -1.40. The van der Waals surface area contributed by atoms with Gasteiger partial charge in [-0.1, -0.05) is 334 Å². The molecule has 1 amide bonds. The van der Waals surface area contributed by atoms with Crippen molar-refractivity contribution >= 4 is 11.9 Å². The molecule has 2 atom stereocenters. The summed E-state index contributed by atoms with van der Waals surface area (Å²) in [6.07, 6.45) is 76.9.